The molecule has 0 spiro atoms. The number of amides is 4. The highest BCUT2D eigenvalue weighted by Gasteiger charge is 2.31. The van der Waals surface area contributed by atoms with Crippen molar-refractivity contribution < 1.29 is 14.3 Å². The Bertz CT molecular complexity index is 410. The van der Waals surface area contributed by atoms with Gasteiger partial charge in [0.15, 0.2) is 0 Å². The summed E-state index contributed by atoms with van der Waals surface area (Å²) in [6.07, 6.45) is 2.86. The Morgan fingerprint density at radius 1 is 1.30 bits per heavy atom. The molecule has 0 saturated heterocycles. The fourth-order valence-electron chi connectivity index (χ4n) is 1.73. The van der Waals surface area contributed by atoms with Gasteiger partial charge in [-0.25, -0.2) is 9.59 Å². The fourth-order valence-corrected chi connectivity index (χ4v) is 2.15. The Labute approximate surface area is 143 Å². The number of amidine groups is 1. The van der Waals surface area contributed by atoms with E-state index in [-0.39, 0.29) is 6.10 Å². The second kappa shape index (κ2) is 11.8. The number of hydrogen-bond donors (Lipinski definition) is 2. The Morgan fingerprint density at radius 2 is 1.87 bits per heavy atom. The summed E-state index contributed by atoms with van der Waals surface area (Å²) in [5.74, 6) is 0.500. The number of rotatable bonds is 8. The minimum absolute atomic E-state index is 0.308. The lowest BCUT2D eigenvalue weighted by atomic mass is 10.3. The quantitative estimate of drug-likeness (QED) is 0.232. The third-order valence-electron chi connectivity index (χ3n) is 2.56. The molecular formula is C15H28N4O3S. The summed E-state index contributed by atoms with van der Waals surface area (Å²) in [5.41, 5.74) is 0. The second-order valence-corrected chi connectivity index (χ2v) is 5.91. The van der Waals surface area contributed by atoms with Crippen LogP contribution in [-0.2, 0) is 4.74 Å². The zero-order valence-corrected chi connectivity index (χ0v) is 15.2. The zero-order chi connectivity index (χ0) is 17.8. The maximum atomic E-state index is 12.7. The van der Waals surface area contributed by atoms with Crippen LogP contribution in [0.15, 0.2) is 12.7 Å². The summed E-state index contributed by atoms with van der Waals surface area (Å²) in [7, 11) is 0. The van der Waals surface area contributed by atoms with Crippen molar-refractivity contribution in [2.24, 2.45) is 0 Å². The molecule has 0 bridgehead atoms. The van der Waals surface area contributed by atoms with Crippen molar-refractivity contribution in [2.45, 2.75) is 46.6 Å². The second-order valence-electron chi connectivity index (χ2n) is 5.08. The molecular weight excluding hydrogens is 316 g/mol. The monoisotopic (exact) mass is 344 g/mol. The molecule has 0 heterocycles. The standard InChI is InChI=1S/C15H28N4O3S/c1-6-9-18(10-7-2)15(21)19(13(16)22-12(4)5)14(20)17-23-11-8-3/h8,12,16H,3,6-7,9-11H2,1-2,4-5H3,(H,17,20). The number of carbonyl (C=O) groups excluding carboxylic acids is 2. The van der Waals surface area contributed by atoms with Gasteiger partial charge in [-0.3, -0.25) is 10.1 Å². The smallest absolute Gasteiger partial charge is 0.343 e. The average Bonchev–Trinajstić information content (AvgIpc) is 2.46. The first-order valence-corrected chi connectivity index (χ1v) is 8.74. The van der Waals surface area contributed by atoms with E-state index in [1.807, 2.05) is 13.8 Å². The van der Waals surface area contributed by atoms with Crippen LogP contribution in [0.1, 0.15) is 40.5 Å². The molecule has 23 heavy (non-hydrogen) atoms. The molecule has 0 radical (unpaired) electrons. The van der Waals surface area contributed by atoms with Gasteiger partial charge in [0.25, 0.3) is 0 Å². The highest BCUT2D eigenvalue weighted by atomic mass is 32.2. The Kier molecular flexibility index (Phi) is 10.9. The third-order valence-corrected chi connectivity index (χ3v) is 3.28. The molecule has 0 aliphatic carbocycles. The van der Waals surface area contributed by atoms with E-state index in [0.29, 0.717) is 18.8 Å². The summed E-state index contributed by atoms with van der Waals surface area (Å²) in [5, 5.41) is 7.94. The Hall–Kier alpha value is -1.70. The molecule has 0 aromatic heterocycles. The van der Waals surface area contributed by atoms with Gasteiger partial charge in [0.1, 0.15) is 0 Å². The third kappa shape index (κ3) is 7.92. The number of nitrogens with zero attached hydrogens (tertiary/aromatic N) is 2. The number of hydrogen-bond acceptors (Lipinski definition) is 5. The molecule has 7 nitrogen and oxygen atoms in total. The van der Waals surface area contributed by atoms with E-state index in [1.54, 1.807) is 24.8 Å². The van der Waals surface area contributed by atoms with Crippen LogP contribution in [0, 0.1) is 5.41 Å². The topological polar surface area (TPSA) is 85.7 Å². The summed E-state index contributed by atoms with van der Waals surface area (Å²) in [6, 6.07) is -1.71. The molecule has 4 amide bonds. The van der Waals surface area contributed by atoms with Crippen LogP contribution in [-0.4, -0.2) is 52.8 Å². The molecule has 8 heteroatoms. The highest BCUT2D eigenvalue weighted by molar-refractivity contribution is 7.98. The summed E-state index contributed by atoms with van der Waals surface area (Å²) >= 11 is 1.10. The lowest BCUT2D eigenvalue weighted by Crippen LogP contribution is -2.53. The van der Waals surface area contributed by atoms with E-state index in [4.69, 9.17) is 10.1 Å². The van der Waals surface area contributed by atoms with Crippen LogP contribution in [0.2, 0.25) is 0 Å². The van der Waals surface area contributed by atoms with Crippen LogP contribution < -0.4 is 4.72 Å². The average molecular weight is 344 g/mol. The minimum Gasteiger partial charge on any atom is -0.462 e. The Balaban J connectivity index is 5.20. The molecule has 2 N–H and O–H groups in total. The fraction of sp³-hybridized carbons (Fsp3) is 0.667. The zero-order valence-electron chi connectivity index (χ0n) is 14.4. The predicted molar refractivity (Wildman–Crippen MR) is 94.5 cm³/mol. The van der Waals surface area contributed by atoms with Gasteiger partial charge in [-0.15, -0.1) is 6.58 Å². The normalized spacial score (nSPS) is 10.1. The summed E-state index contributed by atoms with van der Waals surface area (Å²) < 4.78 is 7.76. The number of carbonyl (C=O) groups is 2. The van der Waals surface area contributed by atoms with Gasteiger partial charge in [0, 0.05) is 18.8 Å². The molecule has 132 valence electrons. The molecule has 0 rings (SSSR count). The molecule has 0 aromatic rings. The SMILES string of the molecule is C=CCSNC(=O)N(C(=N)OC(C)C)C(=O)N(CCC)CCC. The van der Waals surface area contributed by atoms with E-state index < -0.39 is 18.1 Å². The molecule has 0 aromatic carbocycles. The van der Waals surface area contributed by atoms with Gasteiger partial charge in [-0.1, -0.05) is 19.9 Å². The van der Waals surface area contributed by atoms with Gasteiger partial charge < -0.3 is 9.64 Å². The predicted octanol–water partition coefficient (Wildman–Crippen LogP) is 3.43. The maximum Gasteiger partial charge on any atom is 0.343 e. The van der Waals surface area contributed by atoms with Crippen molar-refractivity contribution in [3.63, 3.8) is 0 Å². The number of urea groups is 2. The number of nitrogens with one attached hydrogen (secondary N) is 2. The van der Waals surface area contributed by atoms with Crippen LogP contribution in [0.25, 0.3) is 0 Å². The van der Waals surface area contributed by atoms with E-state index in [2.05, 4.69) is 11.3 Å². The van der Waals surface area contributed by atoms with Crippen molar-refractivity contribution in [2.75, 3.05) is 18.8 Å². The van der Waals surface area contributed by atoms with E-state index in [9.17, 15) is 9.59 Å². The molecule has 0 saturated carbocycles. The van der Waals surface area contributed by atoms with Gasteiger partial charge in [-0.2, -0.15) is 4.90 Å². The Morgan fingerprint density at radius 3 is 2.30 bits per heavy atom. The van der Waals surface area contributed by atoms with Gasteiger partial charge in [-0.05, 0) is 38.6 Å². The summed E-state index contributed by atoms with van der Waals surface area (Å²) in [6.45, 7) is 12.0. The van der Waals surface area contributed by atoms with Crippen LogP contribution in [0.4, 0.5) is 9.59 Å². The van der Waals surface area contributed by atoms with E-state index in [1.165, 1.54) is 0 Å². The van der Waals surface area contributed by atoms with E-state index >= 15 is 0 Å². The van der Waals surface area contributed by atoms with Crippen molar-refractivity contribution in [3.8, 4) is 0 Å². The van der Waals surface area contributed by atoms with Gasteiger partial charge in [0.2, 0.25) is 0 Å². The first-order chi connectivity index (χ1) is 10.9. The van der Waals surface area contributed by atoms with Crippen molar-refractivity contribution in [1.82, 2.24) is 14.5 Å². The first kappa shape index (κ1) is 21.3. The number of imide groups is 1. The van der Waals surface area contributed by atoms with Crippen LogP contribution >= 0.6 is 11.9 Å². The van der Waals surface area contributed by atoms with Gasteiger partial charge in [0.05, 0.1) is 6.10 Å². The van der Waals surface area contributed by atoms with Crippen molar-refractivity contribution >= 4 is 30.0 Å². The molecule has 0 aliphatic heterocycles. The minimum atomic E-state index is -0.690. The highest BCUT2D eigenvalue weighted by Crippen LogP contribution is 2.08. The molecule has 0 fully saturated rings. The maximum absolute atomic E-state index is 12.7. The molecule has 0 aliphatic rings. The largest absolute Gasteiger partial charge is 0.462 e. The van der Waals surface area contributed by atoms with Crippen LogP contribution in [0.5, 0.6) is 0 Å². The summed E-state index contributed by atoms with van der Waals surface area (Å²) in [4.78, 5) is 27.2. The van der Waals surface area contributed by atoms with Gasteiger partial charge >= 0.3 is 18.1 Å². The number of ether oxygens (including phenoxy) is 1. The van der Waals surface area contributed by atoms with E-state index in [0.717, 1.165) is 29.7 Å². The molecule has 0 atom stereocenters. The van der Waals surface area contributed by atoms with Crippen molar-refractivity contribution in [3.05, 3.63) is 12.7 Å². The van der Waals surface area contributed by atoms with Crippen LogP contribution in [0.3, 0.4) is 0 Å². The lowest BCUT2D eigenvalue weighted by Gasteiger charge is -2.29. The first-order valence-electron chi connectivity index (χ1n) is 7.75. The van der Waals surface area contributed by atoms with Crippen molar-refractivity contribution in [1.29, 1.82) is 5.41 Å². The molecule has 0 unspecified atom stereocenters. The lowest BCUT2D eigenvalue weighted by molar-refractivity contribution is 0.148.